The molecule has 4 heteroatoms. The zero-order chi connectivity index (χ0) is 6.81. The van der Waals surface area contributed by atoms with Gasteiger partial charge >= 0.3 is 0 Å². The Morgan fingerprint density at radius 3 is 3.50 bits per heavy atom. The van der Waals surface area contributed by atoms with Crippen molar-refractivity contribution in [2.75, 3.05) is 0 Å². The first-order chi connectivity index (χ1) is 4.97. The van der Waals surface area contributed by atoms with Crippen molar-refractivity contribution in [3.05, 3.63) is 23.4 Å². The van der Waals surface area contributed by atoms with Gasteiger partial charge in [-0.15, -0.1) is 0 Å². The van der Waals surface area contributed by atoms with Crippen molar-refractivity contribution in [1.29, 1.82) is 0 Å². The van der Waals surface area contributed by atoms with Gasteiger partial charge in [0.15, 0.2) is 5.49 Å². The van der Waals surface area contributed by atoms with Crippen molar-refractivity contribution in [2.24, 2.45) is 9.98 Å². The Kier molecular flexibility index (Phi) is 0.993. The summed E-state index contributed by atoms with van der Waals surface area (Å²) >= 11 is 0. The highest BCUT2D eigenvalue weighted by Gasteiger charge is 1.86. The number of aromatic amines is 1. The molecule has 0 saturated heterocycles. The number of H-pyrrole nitrogens is 1. The maximum atomic E-state index is 3.94. The van der Waals surface area contributed by atoms with E-state index in [1.165, 1.54) is 6.20 Å². The average Bonchev–Trinajstić information content (AvgIpc) is 2.28. The van der Waals surface area contributed by atoms with Crippen LogP contribution in [0.2, 0.25) is 0 Å². The van der Waals surface area contributed by atoms with Gasteiger partial charge in [0.25, 0.3) is 0 Å². The number of aromatic nitrogens is 2. The number of fused-ring (bicyclic) bond motifs is 1. The van der Waals surface area contributed by atoms with Gasteiger partial charge in [-0.1, -0.05) is 0 Å². The summed E-state index contributed by atoms with van der Waals surface area (Å²) in [5.41, 5.74) is 0.661. The molecule has 0 radical (unpaired) electrons. The van der Waals surface area contributed by atoms with Crippen LogP contribution >= 0.6 is 0 Å². The van der Waals surface area contributed by atoms with Gasteiger partial charge in [0, 0.05) is 5.87 Å². The summed E-state index contributed by atoms with van der Waals surface area (Å²) in [5.74, 6) is 2.60. The van der Waals surface area contributed by atoms with Gasteiger partial charge in [-0.05, 0) is 0 Å². The number of nitrogens with one attached hydrogen (secondary N) is 1. The molecule has 1 aliphatic rings. The lowest BCUT2D eigenvalue weighted by atomic mass is 10.7. The number of hydrogen-bond donors (Lipinski definition) is 1. The molecule has 0 bridgehead atoms. The molecule has 0 aliphatic carbocycles. The van der Waals surface area contributed by atoms with E-state index in [1.807, 2.05) is 0 Å². The minimum atomic E-state index is 0.661. The smallest absolute Gasteiger partial charge is 0.179 e. The van der Waals surface area contributed by atoms with Crippen molar-refractivity contribution in [2.45, 2.75) is 0 Å². The third kappa shape index (κ3) is 0.674. The predicted octanol–water partition coefficient (Wildman–Crippen LogP) is -1.04. The molecule has 10 heavy (non-hydrogen) atoms. The van der Waals surface area contributed by atoms with Gasteiger partial charge in [0.2, 0.25) is 0 Å². The van der Waals surface area contributed by atoms with Gasteiger partial charge in [0.05, 0.1) is 18.7 Å². The molecule has 0 saturated carbocycles. The van der Waals surface area contributed by atoms with E-state index in [1.54, 1.807) is 12.5 Å². The van der Waals surface area contributed by atoms with Crippen LogP contribution in [-0.2, 0) is 0 Å². The van der Waals surface area contributed by atoms with Crippen molar-refractivity contribution in [3.8, 4) is 0 Å². The molecule has 4 nitrogen and oxygen atoms in total. The fourth-order valence-corrected chi connectivity index (χ4v) is 0.720. The molecule has 48 valence electrons. The zero-order valence-corrected chi connectivity index (χ0v) is 5.07. The van der Waals surface area contributed by atoms with Crippen LogP contribution in [0.5, 0.6) is 0 Å². The van der Waals surface area contributed by atoms with Crippen molar-refractivity contribution >= 4 is 12.1 Å². The Balaban J connectivity index is 2.94. The van der Waals surface area contributed by atoms with Gasteiger partial charge in [-0.25, -0.2) is 15.0 Å². The molecular weight excluding hydrogens is 128 g/mol. The van der Waals surface area contributed by atoms with Crippen LogP contribution < -0.4 is 10.8 Å². The zero-order valence-electron chi connectivity index (χ0n) is 5.07. The Morgan fingerprint density at radius 1 is 1.50 bits per heavy atom. The molecule has 0 atom stereocenters. The second-order valence-electron chi connectivity index (χ2n) is 1.79. The second kappa shape index (κ2) is 1.93. The first-order valence-electron chi connectivity index (χ1n) is 2.81. The fourth-order valence-electron chi connectivity index (χ4n) is 0.720. The summed E-state index contributed by atoms with van der Waals surface area (Å²) in [7, 11) is 0. The van der Waals surface area contributed by atoms with Gasteiger partial charge in [0.1, 0.15) is 5.35 Å². The lowest BCUT2D eigenvalue weighted by Gasteiger charge is -1.67. The van der Waals surface area contributed by atoms with E-state index in [0.29, 0.717) is 5.49 Å². The van der Waals surface area contributed by atoms with E-state index in [9.17, 15) is 0 Å². The van der Waals surface area contributed by atoms with Crippen LogP contribution in [0.4, 0.5) is 0 Å². The lowest BCUT2D eigenvalue weighted by molar-refractivity contribution is 1.18. The van der Waals surface area contributed by atoms with Gasteiger partial charge in [-0.2, -0.15) is 0 Å². The maximum absolute atomic E-state index is 3.94. The molecule has 1 aliphatic heterocycles. The summed E-state index contributed by atoms with van der Waals surface area (Å²) in [4.78, 5) is 14.5. The molecule has 0 fully saturated rings. The molecule has 1 aromatic rings. The predicted molar refractivity (Wildman–Crippen MR) is 35.8 cm³/mol. The highest BCUT2D eigenvalue weighted by molar-refractivity contribution is 5.55. The third-order valence-corrected chi connectivity index (χ3v) is 1.16. The van der Waals surface area contributed by atoms with E-state index in [4.69, 9.17) is 0 Å². The standard InChI is InChI=1S/C6H4N4/c1-2-8-6-5(3-7-1)9-4-10-6/h2-4H,(H,8,9,10). The average molecular weight is 132 g/mol. The first kappa shape index (κ1) is 5.14. The molecule has 1 N–H and O–H groups in total. The van der Waals surface area contributed by atoms with Crippen LogP contribution in [0.25, 0.3) is 6.20 Å². The van der Waals surface area contributed by atoms with Gasteiger partial charge < -0.3 is 4.98 Å². The van der Waals surface area contributed by atoms with E-state index >= 15 is 0 Å². The second-order valence-corrected chi connectivity index (χ2v) is 1.79. The highest BCUT2D eigenvalue weighted by Crippen LogP contribution is 1.69. The van der Waals surface area contributed by atoms with E-state index in [-0.39, 0.29) is 0 Å². The Morgan fingerprint density at radius 2 is 2.50 bits per heavy atom. The number of aliphatic imine (C=N–C) groups is 1. The summed E-state index contributed by atoms with van der Waals surface area (Å²) in [5, 5.41) is 0.821. The topological polar surface area (TPSA) is 53.4 Å². The molecule has 0 amide bonds. The van der Waals surface area contributed by atoms with E-state index in [2.05, 4.69) is 25.8 Å². The number of rotatable bonds is 0. The number of imidazole rings is 1. The summed E-state index contributed by atoms with van der Waals surface area (Å²) in [6, 6.07) is 0. The monoisotopic (exact) mass is 132 g/mol. The van der Waals surface area contributed by atoms with Crippen molar-refractivity contribution in [3.63, 3.8) is 0 Å². The van der Waals surface area contributed by atoms with Crippen LogP contribution in [0.1, 0.15) is 0 Å². The molecule has 0 unspecified atom stereocenters. The molecule has 0 aromatic carbocycles. The van der Waals surface area contributed by atoms with E-state index < -0.39 is 0 Å². The summed E-state index contributed by atoms with van der Waals surface area (Å²) in [6.07, 6.45) is 4.71. The normalized spacial score (nSPS) is 13.2. The van der Waals surface area contributed by atoms with Crippen LogP contribution in [-0.4, -0.2) is 15.8 Å². The van der Waals surface area contributed by atoms with Crippen LogP contribution in [0.3, 0.4) is 0 Å². The largest absolute Gasteiger partial charge is 0.342 e. The molecule has 1 aromatic heterocycles. The Labute approximate surface area is 56.4 Å². The molecule has 0 spiro atoms. The third-order valence-electron chi connectivity index (χ3n) is 1.16. The number of hydrogen-bond acceptors (Lipinski definition) is 3. The number of nitrogens with zero attached hydrogens (tertiary/aromatic N) is 3. The summed E-state index contributed by atoms with van der Waals surface area (Å²) in [6.45, 7) is 0. The van der Waals surface area contributed by atoms with Crippen LogP contribution in [0.15, 0.2) is 22.5 Å². The summed E-state index contributed by atoms with van der Waals surface area (Å²) < 4.78 is 0. The molecule has 2 rings (SSSR count). The first-order valence-corrected chi connectivity index (χ1v) is 2.81. The molecule has 2 heterocycles. The quantitative estimate of drug-likeness (QED) is 0.482. The Hall–Kier alpha value is -1.67. The van der Waals surface area contributed by atoms with Crippen LogP contribution in [0, 0.1) is 0 Å². The minimum absolute atomic E-state index is 0.661. The maximum Gasteiger partial charge on any atom is 0.179 e. The Bertz CT molecular complexity index is 371. The van der Waals surface area contributed by atoms with Gasteiger partial charge in [-0.3, -0.25) is 0 Å². The lowest BCUT2D eigenvalue weighted by Crippen LogP contribution is -2.23. The SMILES string of the molecule is C1=CN=c2nc[nH]c2=CN=1. The minimum Gasteiger partial charge on any atom is -0.342 e. The fraction of sp³-hybridized carbons (Fsp3) is 0. The van der Waals surface area contributed by atoms with Crippen molar-refractivity contribution < 1.29 is 0 Å². The molecular formula is C6H4N4. The van der Waals surface area contributed by atoms with Crippen molar-refractivity contribution in [1.82, 2.24) is 9.97 Å². The van der Waals surface area contributed by atoms with E-state index in [0.717, 1.165) is 5.35 Å². The highest BCUT2D eigenvalue weighted by atomic mass is 14.9.